The molecular weight excluding hydrogens is 334 g/mol. The van der Waals surface area contributed by atoms with Crippen molar-refractivity contribution in [1.82, 2.24) is 14.8 Å². The van der Waals surface area contributed by atoms with Crippen LogP contribution >= 0.6 is 11.8 Å². The Balaban J connectivity index is 1.71. The second-order valence-electron chi connectivity index (χ2n) is 5.68. The molecule has 1 heterocycles. The molecule has 0 saturated heterocycles. The van der Waals surface area contributed by atoms with Crippen LogP contribution in [0.1, 0.15) is 15.9 Å². The smallest absolute Gasteiger partial charge is 0.191 e. The highest BCUT2D eigenvalue weighted by molar-refractivity contribution is 7.99. The van der Waals surface area contributed by atoms with Gasteiger partial charge in [0.05, 0.1) is 12.9 Å². The summed E-state index contributed by atoms with van der Waals surface area (Å²) in [6.45, 7) is 2.05. The van der Waals surface area contributed by atoms with Crippen molar-refractivity contribution < 1.29 is 9.53 Å². The van der Waals surface area contributed by atoms with E-state index < -0.39 is 0 Å². The number of aryl methyl sites for hydroxylation is 1. The number of nitrogens with zero attached hydrogens (tertiary/aromatic N) is 3. The fourth-order valence-electron chi connectivity index (χ4n) is 2.40. The van der Waals surface area contributed by atoms with E-state index in [1.807, 2.05) is 54.9 Å². The summed E-state index contributed by atoms with van der Waals surface area (Å²) in [7, 11) is 3.50. The van der Waals surface area contributed by atoms with Crippen molar-refractivity contribution in [3.05, 3.63) is 59.7 Å². The van der Waals surface area contributed by atoms with Gasteiger partial charge in [-0.25, -0.2) is 0 Å². The summed E-state index contributed by atoms with van der Waals surface area (Å²) < 4.78 is 7.07. The van der Waals surface area contributed by atoms with Gasteiger partial charge in [-0.3, -0.25) is 4.79 Å². The summed E-state index contributed by atoms with van der Waals surface area (Å²) in [5.74, 6) is 1.80. The fraction of sp³-hybridized carbons (Fsp3) is 0.211. The largest absolute Gasteiger partial charge is 0.497 e. The molecule has 0 atom stereocenters. The van der Waals surface area contributed by atoms with Crippen LogP contribution in [0.2, 0.25) is 0 Å². The lowest BCUT2D eigenvalue weighted by molar-refractivity contribution is 0.102. The number of carbonyl (C=O) groups excluding carboxylic acids is 1. The fourth-order valence-corrected chi connectivity index (χ4v) is 3.21. The van der Waals surface area contributed by atoms with Crippen LogP contribution in [-0.4, -0.2) is 33.4 Å². The highest BCUT2D eigenvalue weighted by Gasteiger charge is 2.14. The van der Waals surface area contributed by atoms with Gasteiger partial charge in [0.2, 0.25) is 0 Å². The van der Waals surface area contributed by atoms with Crippen molar-refractivity contribution in [3.63, 3.8) is 0 Å². The van der Waals surface area contributed by atoms with Crippen molar-refractivity contribution >= 4 is 17.5 Å². The number of ketones is 1. The predicted molar refractivity (Wildman–Crippen MR) is 99.2 cm³/mol. The molecule has 0 amide bonds. The van der Waals surface area contributed by atoms with E-state index in [0.717, 1.165) is 11.4 Å². The minimum atomic E-state index is 0.0313. The Morgan fingerprint density at radius 2 is 1.92 bits per heavy atom. The second kappa shape index (κ2) is 7.53. The monoisotopic (exact) mass is 353 g/mol. The first kappa shape index (κ1) is 17.2. The molecule has 0 spiro atoms. The van der Waals surface area contributed by atoms with E-state index >= 15 is 0 Å². The van der Waals surface area contributed by atoms with E-state index in [1.165, 1.54) is 17.3 Å². The normalized spacial score (nSPS) is 10.7. The third-order valence-electron chi connectivity index (χ3n) is 3.87. The van der Waals surface area contributed by atoms with Gasteiger partial charge in [0.1, 0.15) is 5.75 Å². The van der Waals surface area contributed by atoms with Crippen LogP contribution < -0.4 is 4.74 Å². The summed E-state index contributed by atoms with van der Waals surface area (Å²) in [5.41, 5.74) is 2.84. The number of carbonyl (C=O) groups is 1. The first-order chi connectivity index (χ1) is 12.1. The second-order valence-corrected chi connectivity index (χ2v) is 6.62. The maximum absolute atomic E-state index is 12.4. The third kappa shape index (κ3) is 3.91. The molecule has 128 valence electrons. The number of aromatic nitrogens is 3. The Hall–Kier alpha value is -2.60. The van der Waals surface area contributed by atoms with Crippen LogP contribution in [0.5, 0.6) is 5.75 Å². The van der Waals surface area contributed by atoms with E-state index in [4.69, 9.17) is 4.74 Å². The number of Topliss-reactive ketones (excluding diaryl/α,β-unsaturated/α-hetero) is 1. The third-order valence-corrected chi connectivity index (χ3v) is 4.89. The Labute approximate surface area is 151 Å². The molecule has 0 aliphatic rings. The molecule has 0 aliphatic heterocycles. The number of hydrogen-bond acceptors (Lipinski definition) is 5. The van der Waals surface area contributed by atoms with E-state index in [1.54, 1.807) is 19.2 Å². The Morgan fingerprint density at radius 1 is 1.16 bits per heavy atom. The van der Waals surface area contributed by atoms with Gasteiger partial charge in [-0.05, 0) is 19.1 Å². The minimum absolute atomic E-state index is 0.0313. The molecule has 0 saturated carbocycles. The van der Waals surface area contributed by atoms with Gasteiger partial charge < -0.3 is 9.30 Å². The molecule has 0 fully saturated rings. The van der Waals surface area contributed by atoms with Crippen molar-refractivity contribution in [1.29, 1.82) is 0 Å². The maximum atomic E-state index is 12.4. The minimum Gasteiger partial charge on any atom is -0.497 e. The Morgan fingerprint density at radius 3 is 2.64 bits per heavy atom. The van der Waals surface area contributed by atoms with Crippen LogP contribution in [0.25, 0.3) is 11.4 Å². The van der Waals surface area contributed by atoms with Gasteiger partial charge >= 0.3 is 0 Å². The summed E-state index contributed by atoms with van der Waals surface area (Å²) in [6.07, 6.45) is 0. The lowest BCUT2D eigenvalue weighted by Gasteiger charge is -2.05. The van der Waals surface area contributed by atoms with E-state index in [9.17, 15) is 4.79 Å². The van der Waals surface area contributed by atoms with Crippen molar-refractivity contribution in [2.75, 3.05) is 12.9 Å². The topological polar surface area (TPSA) is 57.0 Å². The van der Waals surface area contributed by atoms with Gasteiger partial charge in [-0.15, -0.1) is 10.2 Å². The molecule has 0 aliphatic carbocycles. The molecule has 25 heavy (non-hydrogen) atoms. The zero-order valence-electron chi connectivity index (χ0n) is 14.4. The summed E-state index contributed by atoms with van der Waals surface area (Å²) in [6, 6.07) is 15.3. The predicted octanol–water partition coefficient (Wildman–Crippen LogP) is 3.77. The van der Waals surface area contributed by atoms with Gasteiger partial charge in [0.25, 0.3) is 0 Å². The number of benzene rings is 2. The summed E-state index contributed by atoms with van der Waals surface area (Å²) in [4.78, 5) is 12.4. The van der Waals surface area contributed by atoms with Crippen molar-refractivity contribution in [3.8, 4) is 17.1 Å². The maximum Gasteiger partial charge on any atom is 0.191 e. The van der Waals surface area contributed by atoms with Gasteiger partial charge in [0.15, 0.2) is 16.8 Å². The molecule has 5 nitrogen and oxygen atoms in total. The quantitative estimate of drug-likeness (QED) is 0.499. The van der Waals surface area contributed by atoms with E-state index in [2.05, 4.69) is 10.2 Å². The summed E-state index contributed by atoms with van der Waals surface area (Å²) in [5, 5.41) is 9.18. The van der Waals surface area contributed by atoms with Crippen LogP contribution in [0.3, 0.4) is 0 Å². The average molecular weight is 353 g/mol. The Kier molecular flexibility index (Phi) is 5.19. The molecule has 1 aromatic heterocycles. The number of thioether (sulfide) groups is 1. The number of hydrogen-bond donors (Lipinski definition) is 0. The molecule has 0 radical (unpaired) electrons. The van der Waals surface area contributed by atoms with Gasteiger partial charge in [0, 0.05) is 18.2 Å². The lowest BCUT2D eigenvalue weighted by atomic mass is 10.1. The molecule has 3 aromatic rings. The van der Waals surface area contributed by atoms with Crippen molar-refractivity contribution in [2.45, 2.75) is 12.1 Å². The first-order valence-electron chi connectivity index (χ1n) is 7.85. The number of ether oxygens (including phenoxy) is 1. The first-order valence-corrected chi connectivity index (χ1v) is 8.83. The SMILES string of the molecule is COc1cccc(C(=O)CSc2nnc(-c3ccc(C)cc3)n2C)c1. The molecule has 6 heteroatoms. The standard InChI is InChI=1S/C19H19N3O2S/c1-13-7-9-14(10-8-13)18-20-21-19(22(18)2)25-12-17(23)15-5-4-6-16(11-15)24-3/h4-11H,12H2,1-3H3. The van der Waals surface area contributed by atoms with Crippen LogP contribution in [0.15, 0.2) is 53.7 Å². The Bertz CT molecular complexity index is 888. The lowest BCUT2D eigenvalue weighted by Crippen LogP contribution is -2.04. The van der Waals surface area contributed by atoms with E-state index in [-0.39, 0.29) is 5.78 Å². The van der Waals surface area contributed by atoms with E-state index in [0.29, 0.717) is 22.2 Å². The molecule has 0 N–H and O–H groups in total. The molecular formula is C19H19N3O2S. The highest BCUT2D eigenvalue weighted by atomic mass is 32.2. The molecule has 0 bridgehead atoms. The molecule has 3 rings (SSSR count). The van der Waals surface area contributed by atoms with Gasteiger partial charge in [-0.1, -0.05) is 53.7 Å². The zero-order chi connectivity index (χ0) is 17.8. The summed E-state index contributed by atoms with van der Waals surface area (Å²) >= 11 is 1.38. The molecule has 2 aromatic carbocycles. The number of methoxy groups -OCH3 is 1. The average Bonchev–Trinajstić information content (AvgIpc) is 3.01. The zero-order valence-corrected chi connectivity index (χ0v) is 15.2. The van der Waals surface area contributed by atoms with Gasteiger partial charge in [-0.2, -0.15) is 0 Å². The number of rotatable bonds is 6. The van der Waals surface area contributed by atoms with Crippen molar-refractivity contribution in [2.24, 2.45) is 7.05 Å². The van der Waals surface area contributed by atoms with Crippen LogP contribution in [0.4, 0.5) is 0 Å². The highest BCUT2D eigenvalue weighted by Crippen LogP contribution is 2.24. The molecule has 0 unspecified atom stereocenters. The van der Waals surface area contributed by atoms with Crippen LogP contribution in [-0.2, 0) is 7.05 Å². The van der Waals surface area contributed by atoms with Crippen LogP contribution in [0, 0.1) is 6.92 Å².